The van der Waals surface area contributed by atoms with Crippen LogP contribution in [0.2, 0.25) is 0 Å². The van der Waals surface area contributed by atoms with Crippen LogP contribution in [-0.4, -0.2) is 55.0 Å². The molecule has 0 aromatic carbocycles. The van der Waals surface area contributed by atoms with E-state index in [4.69, 9.17) is 5.73 Å². The molecule has 0 saturated carbocycles. The van der Waals surface area contributed by atoms with Crippen LogP contribution in [0.5, 0.6) is 0 Å². The molecule has 0 radical (unpaired) electrons. The highest BCUT2D eigenvalue weighted by atomic mass is 32.2. The Hall–Kier alpha value is -2.13. The summed E-state index contributed by atoms with van der Waals surface area (Å²) in [5.41, 5.74) is 6.36. The summed E-state index contributed by atoms with van der Waals surface area (Å²) in [5, 5.41) is 5.83. The number of anilines is 2. The van der Waals surface area contributed by atoms with Crippen molar-refractivity contribution in [2.24, 2.45) is 4.99 Å². The van der Waals surface area contributed by atoms with Crippen molar-refractivity contribution in [3.63, 3.8) is 0 Å². The van der Waals surface area contributed by atoms with E-state index in [1.165, 1.54) is 18.1 Å². The average molecular weight is 327 g/mol. The van der Waals surface area contributed by atoms with Crippen LogP contribution in [-0.2, 0) is 4.79 Å². The van der Waals surface area contributed by atoms with E-state index in [1.54, 1.807) is 6.20 Å². The summed E-state index contributed by atoms with van der Waals surface area (Å²) >= 11 is 1.51. The van der Waals surface area contributed by atoms with Gasteiger partial charge in [0.05, 0.1) is 4.91 Å². The van der Waals surface area contributed by atoms with Crippen molar-refractivity contribution in [3.8, 4) is 0 Å². The second kappa shape index (κ2) is 7.76. The molecular weight excluding hydrogens is 302 g/mol. The van der Waals surface area contributed by atoms with Crippen molar-refractivity contribution in [1.29, 1.82) is 0 Å². The molecule has 0 aliphatic carbocycles. The lowest BCUT2D eigenvalue weighted by molar-refractivity contribution is -0.116. The number of aromatic nitrogens is 2. The van der Waals surface area contributed by atoms with Gasteiger partial charge < -0.3 is 21.3 Å². The lowest BCUT2D eigenvalue weighted by atomic mass is 10.3. The van der Waals surface area contributed by atoms with E-state index in [9.17, 15) is 4.79 Å². The van der Waals surface area contributed by atoms with Gasteiger partial charge in [0.2, 0.25) is 0 Å². The molecule has 8 nitrogen and oxygen atoms in total. The third-order valence-corrected chi connectivity index (χ3v) is 4.00. The van der Waals surface area contributed by atoms with Gasteiger partial charge in [-0.2, -0.15) is 0 Å². The second-order valence-corrected chi connectivity index (χ2v) is 5.62. The molecule has 22 heavy (non-hydrogen) atoms. The molecule has 0 unspecified atom stereocenters. The number of rotatable bonds is 6. The van der Waals surface area contributed by atoms with Gasteiger partial charge in [-0.05, 0) is 13.8 Å². The van der Waals surface area contributed by atoms with Crippen LogP contribution in [0.25, 0.3) is 0 Å². The van der Waals surface area contributed by atoms with Gasteiger partial charge >= 0.3 is 0 Å². The molecule has 4 N–H and O–H groups in total. The standard InChI is InChI=1S/C13H19N7OS.3H2/c1-15-3-4-17-13(21)9-7-20(5-6-22-9)12-10(14)11(16-2)18-8-19-12;;;/h7-8,15H,2-6,14H2,1H3,(H,17,21);3*1H. The van der Waals surface area contributed by atoms with Gasteiger partial charge in [-0.3, -0.25) is 4.79 Å². The first kappa shape index (κ1) is 16.2. The quantitative estimate of drug-likeness (QED) is 0.525. The lowest BCUT2D eigenvalue weighted by Crippen LogP contribution is -2.34. The van der Waals surface area contributed by atoms with Crippen molar-refractivity contribution in [2.75, 3.05) is 43.1 Å². The molecule has 9 heteroatoms. The number of nitrogens with one attached hydrogen (secondary N) is 2. The summed E-state index contributed by atoms with van der Waals surface area (Å²) in [5.74, 6) is 1.56. The summed E-state index contributed by atoms with van der Waals surface area (Å²) in [6.07, 6.45) is 3.15. The number of thioether (sulfide) groups is 1. The number of carbonyl (C=O) groups is 1. The molecular formula is C13H25N7OS. The zero-order valence-electron chi connectivity index (χ0n) is 12.4. The third-order valence-electron chi connectivity index (χ3n) is 3.01. The molecule has 1 aliphatic rings. The first-order valence-electron chi connectivity index (χ1n) is 6.78. The van der Waals surface area contributed by atoms with Crippen LogP contribution < -0.4 is 21.3 Å². The Bertz CT molecular complexity index is 603. The zero-order chi connectivity index (χ0) is 15.9. The van der Waals surface area contributed by atoms with Gasteiger partial charge in [-0.1, -0.05) is 0 Å². The minimum absolute atomic E-state index is 0. The maximum atomic E-state index is 12.1. The molecule has 0 saturated heterocycles. The number of hydrogen-bond donors (Lipinski definition) is 3. The second-order valence-electron chi connectivity index (χ2n) is 4.49. The molecule has 124 valence electrons. The maximum absolute atomic E-state index is 12.1. The molecule has 0 bridgehead atoms. The highest BCUT2D eigenvalue weighted by Crippen LogP contribution is 2.31. The summed E-state index contributed by atoms with van der Waals surface area (Å²) in [6.45, 7) is 5.44. The highest BCUT2D eigenvalue weighted by molar-refractivity contribution is 8.04. The van der Waals surface area contributed by atoms with E-state index >= 15 is 0 Å². The van der Waals surface area contributed by atoms with Crippen molar-refractivity contribution in [2.45, 2.75) is 0 Å². The van der Waals surface area contributed by atoms with Gasteiger partial charge in [0.15, 0.2) is 11.6 Å². The van der Waals surface area contributed by atoms with E-state index in [2.05, 4.69) is 32.3 Å². The minimum Gasteiger partial charge on any atom is -0.393 e. The Morgan fingerprint density at radius 2 is 2.41 bits per heavy atom. The van der Waals surface area contributed by atoms with Crippen LogP contribution in [0.1, 0.15) is 4.28 Å². The lowest BCUT2D eigenvalue weighted by Gasteiger charge is -2.26. The smallest absolute Gasteiger partial charge is 0.259 e. The van der Waals surface area contributed by atoms with E-state index in [1.807, 2.05) is 11.9 Å². The van der Waals surface area contributed by atoms with Crippen molar-refractivity contribution < 1.29 is 9.07 Å². The summed E-state index contributed by atoms with van der Waals surface area (Å²) in [4.78, 5) is 26.5. The van der Waals surface area contributed by atoms with Crippen molar-refractivity contribution in [1.82, 2.24) is 20.6 Å². The summed E-state index contributed by atoms with van der Waals surface area (Å²) < 4.78 is 0. The van der Waals surface area contributed by atoms with Crippen LogP contribution in [0.15, 0.2) is 22.4 Å². The molecule has 0 fully saturated rings. The molecule has 0 atom stereocenters. The number of carbonyl (C=O) groups excluding carboxylic acids is 1. The number of aliphatic imine (C=N–C) groups is 1. The van der Waals surface area contributed by atoms with Gasteiger partial charge in [-0.25, -0.2) is 15.0 Å². The zero-order valence-corrected chi connectivity index (χ0v) is 13.2. The Labute approximate surface area is 137 Å². The third kappa shape index (κ3) is 3.74. The highest BCUT2D eigenvalue weighted by Gasteiger charge is 2.21. The van der Waals surface area contributed by atoms with Crippen LogP contribution in [0.4, 0.5) is 17.3 Å². The molecule has 2 rings (SSSR count). The average Bonchev–Trinajstić information content (AvgIpc) is 2.55. The Balaban J connectivity index is 0. The fraction of sp³-hybridized carbons (Fsp3) is 0.385. The predicted octanol–water partition coefficient (Wildman–Crippen LogP) is 0.859. The van der Waals surface area contributed by atoms with E-state index in [-0.39, 0.29) is 10.2 Å². The molecule has 1 aromatic rings. The Morgan fingerprint density at radius 3 is 3.14 bits per heavy atom. The molecule has 0 spiro atoms. The van der Waals surface area contributed by atoms with Crippen molar-refractivity contribution >= 4 is 41.7 Å². The molecule has 1 aromatic heterocycles. The maximum Gasteiger partial charge on any atom is 0.259 e. The van der Waals surface area contributed by atoms with Crippen LogP contribution >= 0.6 is 11.8 Å². The SMILES string of the molecule is C=Nc1ncnc(N2C=C(C(=O)NCCNC)SCC2)c1N.[HH].[HH].[HH]. The number of amides is 1. The van der Waals surface area contributed by atoms with Crippen LogP contribution in [0.3, 0.4) is 0 Å². The number of nitrogens with zero attached hydrogens (tertiary/aromatic N) is 4. The number of nitrogen functional groups attached to an aromatic ring is 1. The Kier molecular flexibility index (Phi) is 5.73. The Morgan fingerprint density at radius 1 is 1.59 bits per heavy atom. The van der Waals surface area contributed by atoms with E-state index in [0.29, 0.717) is 35.3 Å². The number of hydrogen-bond acceptors (Lipinski definition) is 8. The van der Waals surface area contributed by atoms with E-state index < -0.39 is 0 Å². The monoisotopic (exact) mass is 327 g/mol. The van der Waals surface area contributed by atoms with Crippen LogP contribution in [0, 0.1) is 0 Å². The largest absolute Gasteiger partial charge is 0.393 e. The fourth-order valence-corrected chi connectivity index (χ4v) is 2.82. The number of nitrogens with two attached hydrogens (primary N) is 1. The summed E-state index contributed by atoms with van der Waals surface area (Å²) in [6, 6.07) is 0. The summed E-state index contributed by atoms with van der Waals surface area (Å²) in [7, 11) is 1.84. The first-order chi connectivity index (χ1) is 10.7. The van der Waals surface area contributed by atoms with Gasteiger partial charge in [0.25, 0.3) is 5.91 Å². The van der Waals surface area contributed by atoms with E-state index in [0.717, 1.165) is 12.3 Å². The molecule has 1 aliphatic heterocycles. The predicted molar refractivity (Wildman–Crippen MR) is 96.8 cm³/mol. The molecule has 1 amide bonds. The van der Waals surface area contributed by atoms with Gasteiger partial charge in [0, 0.05) is 35.9 Å². The topological polar surface area (TPSA) is 109 Å². The molecule has 2 heterocycles. The number of likely N-dealkylation sites (N-methyl/N-ethyl adjacent to an activating group) is 1. The fourth-order valence-electron chi connectivity index (χ4n) is 1.91. The van der Waals surface area contributed by atoms with Gasteiger partial charge in [-0.15, -0.1) is 11.8 Å². The van der Waals surface area contributed by atoms with Gasteiger partial charge in [0.1, 0.15) is 12.0 Å². The minimum atomic E-state index is -0.0975. The first-order valence-corrected chi connectivity index (χ1v) is 7.77. The normalized spacial score (nSPS) is 14.4. The van der Waals surface area contributed by atoms with Crippen molar-refractivity contribution in [3.05, 3.63) is 17.4 Å².